The number of esters is 1. The number of aliphatic hydroxyl groups excluding tert-OH is 1. The molecule has 0 amide bonds. The van der Waals surface area contributed by atoms with E-state index in [4.69, 9.17) is 14.7 Å². The molecule has 1 saturated carbocycles. The largest absolute Gasteiger partial charge is 0.490 e. The number of likely N-dealkylation sites (N-methyl/N-ethyl adjacent to an activating group) is 1. The monoisotopic (exact) mass is 718 g/mol. The topological polar surface area (TPSA) is 139 Å². The number of anilines is 2. The van der Waals surface area contributed by atoms with Crippen molar-refractivity contribution in [3.8, 4) is 0 Å². The van der Waals surface area contributed by atoms with Gasteiger partial charge in [-0.2, -0.15) is 38.1 Å². The summed E-state index contributed by atoms with van der Waals surface area (Å²) in [6, 6.07) is 18.7. The average molecular weight is 719 g/mol. The second-order valence-corrected chi connectivity index (χ2v) is 13.5. The fraction of sp³-hybridized carbons (Fsp3) is 0.444. The zero-order chi connectivity index (χ0) is 36.6. The number of hydrogen-bond acceptors (Lipinski definition) is 11. The van der Waals surface area contributed by atoms with E-state index < -0.39 is 36.4 Å². The molecule has 3 aromatic heterocycles. The van der Waals surface area contributed by atoms with Crippen LogP contribution in [0.4, 0.5) is 24.9 Å². The van der Waals surface area contributed by atoms with E-state index in [-0.39, 0.29) is 18.4 Å². The maximum Gasteiger partial charge on any atom is 0.490 e. The molecule has 2 aliphatic rings. The Morgan fingerprint density at radius 1 is 1.06 bits per heavy atom. The summed E-state index contributed by atoms with van der Waals surface area (Å²) in [5.74, 6) is -1.48. The van der Waals surface area contributed by atoms with Crippen molar-refractivity contribution < 1.29 is 27.8 Å². The van der Waals surface area contributed by atoms with Crippen molar-refractivity contribution in [2.75, 3.05) is 43.9 Å². The maximum atomic E-state index is 13.4. The molecule has 0 radical (unpaired) electrons. The summed E-state index contributed by atoms with van der Waals surface area (Å²) >= 11 is 0. The zero-order valence-corrected chi connectivity index (χ0v) is 29.1. The third-order valence-electron chi connectivity index (χ3n) is 10.1. The lowest BCUT2D eigenvalue weighted by Gasteiger charge is -2.24. The Balaban J connectivity index is 1.27. The zero-order valence-electron chi connectivity index (χ0n) is 29.1. The van der Waals surface area contributed by atoms with Crippen LogP contribution in [0.3, 0.4) is 0 Å². The van der Waals surface area contributed by atoms with Crippen LogP contribution >= 0.6 is 0 Å². The number of imidazole rings is 1. The highest BCUT2D eigenvalue weighted by Crippen LogP contribution is 2.42. The van der Waals surface area contributed by atoms with E-state index in [9.17, 15) is 23.1 Å². The van der Waals surface area contributed by atoms with Gasteiger partial charge in [-0.15, -0.1) is 0 Å². The molecule has 2 fully saturated rings. The standard InChI is InChI=1S/C36H41F3N10O3/c1-4-24-18-42-49(45-24)28-17-27(30(50)31(28)52-34(51)36(37,38)39)48-21-41-29-32(43-35(44-33(29)48)47-16-15-25(20-47)46(2)3)40-19-26(22-11-7-5-8-12-22)23-13-9-6-10-14-23/h5-14,18,21,25-28,30-31,50H,4,15-17,19-20H2,1-3H3,(H,40,43,44)/t25-,27-,28+,30+,31-/m1/s1. The van der Waals surface area contributed by atoms with Crippen LogP contribution < -0.4 is 10.2 Å². The molecule has 5 aromatic rings. The normalized spacial score (nSPS) is 22.2. The molecule has 274 valence electrons. The van der Waals surface area contributed by atoms with Gasteiger partial charge in [-0.05, 0) is 44.5 Å². The van der Waals surface area contributed by atoms with Gasteiger partial charge in [0.25, 0.3) is 0 Å². The van der Waals surface area contributed by atoms with Gasteiger partial charge >= 0.3 is 12.1 Å². The number of aromatic nitrogens is 7. The Hall–Kier alpha value is -5.09. The number of benzene rings is 2. The summed E-state index contributed by atoms with van der Waals surface area (Å²) in [5, 5.41) is 23.8. The van der Waals surface area contributed by atoms with E-state index >= 15 is 0 Å². The third-order valence-corrected chi connectivity index (χ3v) is 10.1. The minimum absolute atomic E-state index is 0.0288. The van der Waals surface area contributed by atoms with E-state index in [2.05, 4.69) is 54.6 Å². The number of nitrogens with zero attached hydrogens (tertiary/aromatic N) is 9. The highest BCUT2D eigenvalue weighted by Gasteiger charge is 2.52. The molecular weight excluding hydrogens is 677 g/mol. The number of ether oxygens (including phenoxy) is 1. The maximum absolute atomic E-state index is 13.4. The van der Waals surface area contributed by atoms with Gasteiger partial charge in [0, 0.05) is 31.6 Å². The fourth-order valence-corrected chi connectivity index (χ4v) is 7.20. The lowest BCUT2D eigenvalue weighted by atomic mass is 9.91. The Bertz CT molecular complexity index is 1950. The molecule has 4 heterocycles. The number of aliphatic hydroxyl groups is 1. The third kappa shape index (κ3) is 7.04. The van der Waals surface area contributed by atoms with E-state index in [1.54, 1.807) is 4.57 Å². The SMILES string of the molecule is CCc1cnn([C@H]2C[C@@H](n3cnc4c(NCC(c5ccccc5)c5ccccc5)nc(N5CC[C@@H](N(C)C)C5)nc43)[C@H](O)[C@@H]2OC(=O)C(F)(F)F)n1. The number of carbonyl (C=O) groups excluding carboxylic acids is 1. The number of alkyl halides is 3. The van der Waals surface area contributed by atoms with Gasteiger partial charge in [0.2, 0.25) is 5.95 Å². The Labute approximate surface area is 298 Å². The predicted octanol–water partition coefficient (Wildman–Crippen LogP) is 4.39. The van der Waals surface area contributed by atoms with Gasteiger partial charge in [-0.25, -0.2) is 9.78 Å². The van der Waals surface area contributed by atoms with Crippen LogP contribution in [0.15, 0.2) is 73.2 Å². The lowest BCUT2D eigenvalue weighted by Crippen LogP contribution is -2.39. The van der Waals surface area contributed by atoms with Crippen molar-refractivity contribution in [3.63, 3.8) is 0 Å². The predicted molar refractivity (Wildman–Crippen MR) is 187 cm³/mol. The van der Waals surface area contributed by atoms with Crippen LogP contribution in [0, 0.1) is 0 Å². The number of hydrogen-bond donors (Lipinski definition) is 2. The molecule has 16 heteroatoms. The van der Waals surface area contributed by atoms with Crippen molar-refractivity contribution in [1.82, 2.24) is 39.4 Å². The first-order chi connectivity index (χ1) is 25.0. The molecule has 0 spiro atoms. The Kier molecular flexibility index (Phi) is 9.85. The van der Waals surface area contributed by atoms with Crippen molar-refractivity contribution in [2.45, 2.75) is 68.6 Å². The van der Waals surface area contributed by atoms with E-state index in [0.717, 1.165) is 17.5 Å². The van der Waals surface area contributed by atoms with Gasteiger partial charge in [-0.1, -0.05) is 67.6 Å². The first kappa shape index (κ1) is 35.3. The second-order valence-electron chi connectivity index (χ2n) is 13.5. The van der Waals surface area contributed by atoms with Crippen LogP contribution in [0.25, 0.3) is 11.2 Å². The number of rotatable bonds is 11. The average Bonchev–Trinajstić information content (AvgIpc) is 3.95. The van der Waals surface area contributed by atoms with Gasteiger partial charge in [0.05, 0.1) is 24.3 Å². The first-order valence-corrected chi connectivity index (χ1v) is 17.4. The Morgan fingerprint density at radius 2 is 1.75 bits per heavy atom. The Morgan fingerprint density at radius 3 is 2.35 bits per heavy atom. The minimum atomic E-state index is -5.25. The molecular formula is C36H41F3N10O3. The fourth-order valence-electron chi connectivity index (χ4n) is 7.20. The smallest absolute Gasteiger partial charge is 0.450 e. The van der Waals surface area contributed by atoms with E-state index in [0.29, 0.717) is 54.7 Å². The minimum Gasteiger partial charge on any atom is -0.450 e. The number of halogens is 3. The molecule has 1 aliphatic carbocycles. The van der Waals surface area contributed by atoms with Crippen molar-refractivity contribution in [3.05, 3.63) is 90.0 Å². The van der Waals surface area contributed by atoms with Crippen LogP contribution in [-0.2, 0) is 16.0 Å². The van der Waals surface area contributed by atoms with Crippen molar-refractivity contribution in [2.24, 2.45) is 0 Å². The highest BCUT2D eigenvalue weighted by molar-refractivity contribution is 5.84. The van der Waals surface area contributed by atoms with Gasteiger partial charge < -0.3 is 29.5 Å². The summed E-state index contributed by atoms with van der Waals surface area (Å²) in [6.45, 7) is 3.75. The van der Waals surface area contributed by atoms with Crippen molar-refractivity contribution >= 4 is 28.9 Å². The van der Waals surface area contributed by atoms with Crippen LogP contribution in [0.5, 0.6) is 0 Å². The number of carbonyl (C=O) groups is 1. The van der Waals surface area contributed by atoms with Crippen LogP contribution in [0.2, 0.25) is 0 Å². The van der Waals surface area contributed by atoms with Crippen molar-refractivity contribution in [1.29, 1.82) is 0 Å². The summed E-state index contributed by atoms with van der Waals surface area (Å²) in [4.78, 5) is 32.2. The van der Waals surface area contributed by atoms with Gasteiger partial charge in [0.15, 0.2) is 23.1 Å². The molecule has 7 rings (SSSR count). The lowest BCUT2D eigenvalue weighted by molar-refractivity contribution is -0.210. The molecule has 2 N–H and O–H groups in total. The molecule has 1 saturated heterocycles. The van der Waals surface area contributed by atoms with E-state index in [1.165, 1.54) is 17.3 Å². The van der Waals surface area contributed by atoms with Crippen LogP contribution in [-0.4, -0.2) is 109 Å². The summed E-state index contributed by atoms with van der Waals surface area (Å²) in [5.41, 5.74) is 3.64. The molecule has 52 heavy (non-hydrogen) atoms. The molecule has 1 aliphatic heterocycles. The summed E-state index contributed by atoms with van der Waals surface area (Å²) in [7, 11) is 4.07. The molecule has 0 unspecified atom stereocenters. The number of nitrogens with one attached hydrogen (secondary N) is 1. The molecule has 0 bridgehead atoms. The second kappa shape index (κ2) is 14.5. The molecule has 5 atom stereocenters. The quantitative estimate of drug-likeness (QED) is 0.188. The van der Waals surface area contributed by atoms with Gasteiger partial charge in [-0.3, -0.25) is 0 Å². The molecule has 2 aromatic carbocycles. The number of aryl methyl sites for hydroxylation is 1. The van der Waals surface area contributed by atoms with E-state index in [1.807, 2.05) is 57.4 Å². The molecule has 13 nitrogen and oxygen atoms in total. The van der Waals surface area contributed by atoms with Gasteiger partial charge in [0.1, 0.15) is 12.1 Å². The summed E-state index contributed by atoms with van der Waals surface area (Å²) in [6.07, 6.45) is -3.92. The summed E-state index contributed by atoms with van der Waals surface area (Å²) < 4.78 is 46.8. The highest BCUT2D eigenvalue weighted by atomic mass is 19.4. The number of fused-ring (bicyclic) bond motifs is 1. The van der Waals surface area contributed by atoms with Crippen LogP contribution in [0.1, 0.15) is 54.6 Å². The first-order valence-electron chi connectivity index (χ1n) is 17.4.